The molecular formula is C92HI. The van der Waals surface area contributed by atoms with E-state index in [0.717, 1.165) is 0 Å². The van der Waals surface area contributed by atoms with Crippen LogP contribution in [0, 0.1) is 543 Å². The molecule has 0 atom stereocenters. The fraction of sp³-hybridized carbons (Fsp3) is 0. The van der Waals surface area contributed by atoms with Crippen molar-refractivity contribution in [2.75, 3.05) is 0 Å². The summed E-state index contributed by atoms with van der Waals surface area (Å²) >= 11 is 1.88. The molecule has 0 heterocycles. The average molecular weight is 1230 g/mol. The lowest BCUT2D eigenvalue weighted by atomic mass is 10.4. The predicted molar refractivity (Wildman–Crippen MR) is 373 cm³/mol. The second-order valence-electron chi connectivity index (χ2n) is 11.4. The van der Waals surface area contributed by atoms with Gasteiger partial charge in [0.25, 0.3) is 0 Å². The van der Waals surface area contributed by atoms with E-state index in [1.54, 1.807) is 0 Å². The van der Waals surface area contributed by atoms with Crippen LogP contribution in [-0.2, 0) is 0 Å². The van der Waals surface area contributed by atoms with Crippen molar-refractivity contribution in [2.24, 2.45) is 0 Å². The molecule has 1 heteroatoms. The van der Waals surface area contributed by atoms with E-state index in [9.17, 15) is 0 Å². The molecule has 0 aromatic carbocycles. The Kier molecular flexibility index (Phi) is 57.3. The summed E-state index contributed by atoms with van der Waals surface area (Å²) in [5, 5.41) is 0. The van der Waals surface area contributed by atoms with E-state index in [2.05, 4.69) is 537 Å². The minimum atomic E-state index is 1.88. The summed E-state index contributed by atoms with van der Waals surface area (Å²) in [4.78, 5) is 0. The van der Waals surface area contributed by atoms with Crippen molar-refractivity contribution in [1.29, 1.82) is 0 Å². The molecule has 0 saturated carbocycles. The molecule has 0 rings (SSSR count). The van der Waals surface area contributed by atoms with Gasteiger partial charge in [0.2, 0.25) is 0 Å². The third-order valence-electron chi connectivity index (χ3n) is 5.62. The summed E-state index contributed by atoms with van der Waals surface area (Å²) in [7, 11) is 0. The van der Waals surface area contributed by atoms with Crippen LogP contribution in [0.4, 0.5) is 0 Å². The molecule has 0 aromatic rings. The van der Waals surface area contributed by atoms with Crippen molar-refractivity contribution in [3.05, 3.63) is 0 Å². The Hall–Kier alpha value is -19.5. The van der Waals surface area contributed by atoms with Gasteiger partial charge >= 0.3 is 0 Å². The van der Waals surface area contributed by atoms with Gasteiger partial charge in [-0.3, -0.25) is 0 Å². The zero-order chi connectivity index (χ0) is 66.3. The molecule has 376 valence electrons. The Morgan fingerprint density at radius 2 is 0.140 bits per heavy atom. The van der Waals surface area contributed by atoms with Crippen molar-refractivity contribution in [2.45, 2.75) is 0 Å². The van der Waals surface area contributed by atoms with E-state index in [4.69, 9.17) is 6.42 Å². The number of hydrogen-bond acceptors (Lipinski definition) is 0. The van der Waals surface area contributed by atoms with Crippen LogP contribution in [0.25, 0.3) is 0 Å². The topological polar surface area (TPSA) is 0 Å². The summed E-state index contributed by atoms with van der Waals surface area (Å²) in [6.45, 7) is 0. The summed E-state index contributed by atoms with van der Waals surface area (Å²) in [5.74, 6) is 224. The monoisotopic (exact) mass is 1230 g/mol. The molecular weight excluding hydrogens is 1230 g/mol. The maximum atomic E-state index is 4.95. The first-order valence-corrected chi connectivity index (χ1v) is 24.1. The number of terminal acetylenes is 1. The van der Waals surface area contributed by atoms with Crippen LogP contribution in [0.1, 0.15) is 0 Å². The highest BCUT2D eigenvalue weighted by atomic mass is 127. The van der Waals surface area contributed by atoms with Crippen molar-refractivity contribution >= 4 is 22.6 Å². The first-order valence-electron chi connectivity index (χ1n) is 23.0. The fourth-order valence-electron chi connectivity index (χ4n) is 2.78. The molecule has 0 spiro atoms. The highest BCUT2D eigenvalue weighted by Crippen LogP contribution is 1.69. The van der Waals surface area contributed by atoms with Gasteiger partial charge in [-0.1, -0.05) is 0 Å². The highest BCUT2D eigenvalue weighted by Gasteiger charge is 1.66. The van der Waals surface area contributed by atoms with Crippen LogP contribution < -0.4 is 0 Å². The smallest absolute Gasteiger partial charge is 0.0192 e. The number of rotatable bonds is 0. The van der Waals surface area contributed by atoms with Crippen LogP contribution >= 0.6 is 22.6 Å². The summed E-state index contributed by atoms with van der Waals surface area (Å²) in [6.07, 6.45) is 4.95. The largest absolute Gasteiger partial charge is 0.106 e. The lowest BCUT2D eigenvalue weighted by molar-refractivity contribution is 2.31. The van der Waals surface area contributed by atoms with E-state index < -0.39 is 0 Å². The lowest BCUT2D eigenvalue weighted by Gasteiger charge is -1.58. The number of halogens is 1. The average Bonchev–Trinajstić information content (AvgIpc) is 3.58. The molecule has 0 amide bonds. The highest BCUT2D eigenvalue weighted by molar-refractivity contribution is 14.1. The Morgan fingerprint density at radius 1 is 0.0860 bits per heavy atom. The zero-order valence-corrected chi connectivity index (χ0v) is 48.6. The van der Waals surface area contributed by atoms with Crippen LogP contribution in [0.2, 0.25) is 0 Å². The molecule has 0 aliphatic carbocycles. The van der Waals surface area contributed by atoms with Gasteiger partial charge in [-0.25, -0.2) is 0 Å². The van der Waals surface area contributed by atoms with Crippen molar-refractivity contribution in [3.8, 4) is 543 Å². The van der Waals surface area contributed by atoms with E-state index in [0.29, 0.717) is 0 Å². The normalized spacial score (nSPS) is 3.96. The summed E-state index contributed by atoms with van der Waals surface area (Å²) < 4.78 is 2.59. The molecule has 0 bridgehead atoms. The van der Waals surface area contributed by atoms with E-state index in [-0.39, 0.29) is 0 Å². The molecule has 0 unspecified atom stereocenters. The quantitative estimate of drug-likeness (QED) is 0.253. The third-order valence-corrected chi connectivity index (χ3v) is 5.89. The fourth-order valence-corrected chi connectivity index (χ4v) is 2.91. The van der Waals surface area contributed by atoms with Crippen LogP contribution in [0.5, 0.6) is 0 Å². The molecule has 0 fully saturated rings. The maximum Gasteiger partial charge on any atom is 0.0192 e. The SMILES string of the molecule is C#CC#CC#CC#CC#CC#CC#CC#CC#CC#CC#CC#CC#CC#CC#CC#CC#CC#CC#CC#CC#CC#CC#CC#CC#CC#CC#CC#CC#CC#CC#CC#CC#CC#CC#CC#CC#CC#CC#CC#CC#CC#CC#CC#CC#CC#CI. The Bertz CT molecular complexity index is 6490. The predicted octanol–water partition coefficient (Wildman–Crippen LogP) is 1.17. The van der Waals surface area contributed by atoms with Crippen LogP contribution in [0.3, 0.4) is 0 Å². The van der Waals surface area contributed by atoms with Gasteiger partial charge in [0.05, 0.1) is 0 Å². The Labute approximate surface area is 561 Å². The van der Waals surface area contributed by atoms with E-state index >= 15 is 0 Å². The number of hydrogen-bond donors (Lipinski definition) is 0. The molecule has 0 aromatic heterocycles. The standard InChI is InChI=1S/C92HI/c1-2-3-4-5-6-7-8-9-10-11-12-13-14-15-16-17-18-19-20-21-22-23-24-25-26-27-28-29-30-31-32-33-34-35-36-37-38-39-40-41-42-43-44-45-46-47-48-49-50-51-52-53-54-55-56-57-58-59-60-61-62-63-64-65-66-67-68-69-70-71-72-73-74-75-76-77-78-79-80-81-82-83-84-85-86-87-88-89-90-91-92-93/h1H. The molecule has 0 saturated heterocycles. The van der Waals surface area contributed by atoms with Gasteiger partial charge in [-0.2, -0.15) is 0 Å². The summed E-state index contributed by atoms with van der Waals surface area (Å²) in [5.41, 5.74) is 0. The van der Waals surface area contributed by atoms with Crippen molar-refractivity contribution in [3.63, 3.8) is 0 Å². The van der Waals surface area contributed by atoms with Gasteiger partial charge in [-0.05, 0) is 98.7 Å². The molecule has 0 N–H and O–H groups in total. The van der Waals surface area contributed by atoms with Gasteiger partial charge in [-0.15, -0.1) is 6.42 Å². The molecule has 93 heavy (non-hydrogen) atoms. The third kappa shape index (κ3) is 72.5. The van der Waals surface area contributed by atoms with Gasteiger partial charge in [0.1, 0.15) is 0 Å². The van der Waals surface area contributed by atoms with Crippen molar-refractivity contribution < 1.29 is 0 Å². The summed E-state index contributed by atoms with van der Waals surface area (Å²) in [6, 6.07) is 0. The molecule has 0 aliphatic heterocycles. The first-order chi connectivity index (χ1) is 46.4. The van der Waals surface area contributed by atoms with Gasteiger partial charge in [0.15, 0.2) is 0 Å². The van der Waals surface area contributed by atoms with Crippen molar-refractivity contribution in [1.82, 2.24) is 0 Å². The second kappa shape index (κ2) is 72.5. The second-order valence-corrected chi connectivity index (χ2v) is 11.9. The van der Waals surface area contributed by atoms with Crippen LogP contribution in [-0.4, -0.2) is 0 Å². The molecule has 0 aliphatic rings. The van der Waals surface area contributed by atoms with Gasteiger partial charge < -0.3 is 0 Å². The minimum absolute atomic E-state index is 1.88. The van der Waals surface area contributed by atoms with Crippen LogP contribution in [0.15, 0.2) is 0 Å². The molecule has 0 nitrogen and oxygen atoms in total. The Morgan fingerprint density at radius 3 is 0.194 bits per heavy atom. The minimum Gasteiger partial charge on any atom is -0.106 e. The van der Waals surface area contributed by atoms with E-state index in [1.807, 2.05) is 22.6 Å². The van der Waals surface area contributed by atoms with Gasteiger partial charge in [0, 0.05) is 461 Å². The molecule has 0 radical (unpaired) electrons. The lowest BCUT2D eigenvalue weighted by Crippen LogP contribution is -1.57. The zero-order valence-electron chi connectivity index (χ0n) is 46.5. The maximum absolute atomic E-state index is 4.95. The van der Waals surface area contributed by atoms with E-state index in [1.165, 1.54) is 0 Å². The first kappa shape index (κ1) is 73.5. The Balaban J connectivity index is 4.63.